The average molecular weight is 460 g/mol. The maximum Gasteiger partial charge on any atom is 0.469 e. The summed E-state index contributed by atoms with van der Waals surface area (Å²) in [5, 5.41) is 11.4. The molecule has 8 nitrogen and oxygen atoms in total. The van der Waals surface area contributed by atoms with E-state index in [-0.39, 0.29) is 6.42 Å². The molecular formula is C22H38NO7P. The second kappa shape index (κ2) is 17.9. The predicted octanol–water partition coefficient (Wildman–Crippen LogP) is 4.64. The number of amides is 1. The fourth-order valence-electron chi connectivity index (χ4n) is 2.81. The van der Waals surface area contributed by atoms with Gasteiger partial charge in [0.15, 0.2) is 6.04 Å². The molecule has 0 aliphatic heterocycles. The molecular weight excluding hydrogens is 421 g/mol. The minimum atomic E-state index is -4.84. The van der Waals surface area contributed by atoms with Crippen LogP contribution < -0.4 is 5.32 Å². The molecule has 0 rings (SSSR count). The van der Waals surface area contributed by atoms with Gasteiger partial charge in [-0.05, 0) is 45.4 Å². The van der Waals surface area contributed by atoms with Crippen molar-refractivity contribution in [3.63, 3.8) is 0 Å². The van der Waals surface area contributed by atoms with Gasteiger partial charge in [0.25, 0.3) is 0 Å². The van der Waals surface area contributed by atoms with Gasteiger partial charge >= 0.3 is 13.8 Å². The van der Waals surface area contributed by atoms with Gasteiger partial charge in [-0.3, -0.25) is 9.32 Å². The molecule has 9 heteroatoms. The second-order valence-corrected chi connectivity index (χ2v) is 8.48. The van der Waals surface area contributed by atoms with Crippen LogP contribution in [0, 0.1) is 0 Å². The van der Waals surface area contributed by atoms with Gasteiger partial charge in [-0.15, -0.1) is 0 Å². The number of hydrogen-bond donors (Lipinski definition) is 4. The van der Waals surface area contributed by atoms with Crippen LogP contribution in [0.15, 0.2) is 36.5 Å². The standard InChI is InChI=1S/C22H38NO7P/c1-3-4-5-6-7-8-9-10-11-12-13-14-15-16-17-18-20(24)23-21(22(25)26)19(2)30-31(27,28)29/h4-5,7-8,10-11,19,21H,3,6,9,12-18H2,1-2H3,(H,23,24)(H,25,26)(H2,27,28,29)/b5-4+,8-7+,11-10+/t19?,21-/m0/s1. The maximum atomic E-state index is 11.9. The number of phosphoric ester groups is 1. The van der Waals surface area contributed by atoms with E-state index in [1.165, 1.54) is 6.92 Å². The number of carboxylic acids is 1. The van der Waals surface area contributed by atoms with E-state index in [9.17, 15) is 14.2 Å². The molecule has 2 atom stereocenters. The first-order valence-electron chi connectivity index (χ1n) is 10.9. The van der Waals surface area contributed by atoms with E-state index in [1.807, 2.05) is 0 Å². The highest BCUT2D eigenvalue weighted by Crippen LogP contribution is 2.38. The minimum absolute atomic E-state index is 0.159. The average Bonchev–Trinajstić information content (AvgIpc) is 2.67. The highest BCUT2D eigenvalue weighted by Gasteiger charge is 2.32. The van der Waals surface area contributed by atoms with Crippen LogP contribution in [0.3, 0.4) is 0 Å². The van der Waals surface area contributed by atoms with E-state index in [0.29, 0.717) is 6.42 Å². The summed E-state index contributed by atoms with van der Waals surface area (Å²) >= 11 is 0. The Balaban J connectivity index is 3.85. The van der Waals surface area contributed by atoms with Gasteiger partial charge in [0.1, 0.15) is 0 Å². The largest absolute Gasteiger partial charge is 0.480 e. The van der Waals surface area contributed by atoms with E-state index in [0.717, 1.165) is 51.4 Å². The van der Waals surface area contributed by atoms with Crippen molar-refractivity contribution < 1.29 is 33.6 Å². The van der Waals surface area contributed by atoms with E-state index < -0.39 is 31.8 Å². The van der Waals surface area contributed by atoms with Gasteiger partial charge in [-0.1, -0.05) is 62.6 Å². The second-order valence-electron chi connectivity index (χ2n) is 7.28. The van der Waals surface area contributed by atoms with E-state index in [4.69, 9.17) is 14.9 Å². The van der Waals surface area contributed by atoms with Crippen molar-refractivity contribution >= 4 is 19.7 Å². The molecule has 0 radical (unpaired) electrons. The number of unbranched alkanes of at least 4 members (excludes halogenated alkanes) is 5. The van der Waals surface area contributed by atoms with Crippen LogP contribution in [-0.4, -0.2) is 38.9 Å². The number of carbonyl (C=O) groups is 2. The lowest BCUT2D eigenvalue weighted by Gasteiger charge is -2.21. The van der Waals surface area contributed by atoms with Crippen LogP contribution in [0.2, 0.25) is 0 Å². The normalized spacial score (nSPS) is 14.5. The highest BCUT2D eigenvalue weighted by molar-refractivity contribution is 7.46. The summed E-state index contributed by atoms with van der Waals surface area (Å²) < 4.78 is 15.2. The zero-order valence-corrected chi connectivity index (χ0v) is 19.5. The van der Waals surface area contributed by atoms with Gasteiger partial charge < -0.3 is 20.2 Å². The fraction of sp³-hybridized carbons (Fsp3) is 0.636. The number of nitrogens with one attached hydrogen (secondary N) is 1. The summed E-state index contributed by atoms with van der Waals surface area (Å²) in [5.74, 6) is -1.89. The highest BCUT2D eigenvalue weighted by atomic mass is 31.2. The van der Waals surface area contributed by atoms with Crippen LogP contribution >= 0.6 is 7.82 Å². The van der Waals surface area contributed by atoms with Crippen molar-refractivity contribution in [2.24, 2.45) is 0 Å². The van der Waals surface area contributed by atoms with Gasteiger partial charge in [-0.25, -0.2) is 9.36 Å². The lowest BCUT2D eigenvalue weighted by molar-refractivity contribution is -0.144. The van der Waals surface area contributed by atoms with Gasteiger partial charge in [0.05, 0.1) is 6.10 Å². The molecule has 31 heavy (non-hydrogen) atoms. The molecule has 0 bridgehead atoms. The Kier molecular flexibility index (Phi) is 16.9. The number of carboxylic acid groups (broad SMARTS) is 1. The van der Waals surface area contributed by atoms with Gasteiger partial charge in [0.2, 0.25) is 5.91 Å². The first-order valence-corrected chi connectivity index (χ1v) is 12.4. The molecule has 178 valence electrons. The van der Waals surface area contributed by atoms with E-state index in [1.54, 1.807) is 0 Å². The molecule has 0 aromatic heterocycles. The molecule has 1 amide bonds. The van der Waals surface area contributed by atoms with Crippen molar-refractivity contribution in [3.05, 3.63) is 36.5 Å². The van der Waals surface area contributed by atoms with Crippen molar-refractivity contribution in [2.75, 3.05) is 0 Å². The van der Waals surface area contributed by atoms with Crippen LogP contribution in [0.5, 0.6) is 0 Å². The Hall–Kier alpha value is -1.73. The van der Waals surface area contributed by atoms with Crippen molar-refractivity contribution in [3.8, 4) is 0 Å². The number of carbonyl (C=O) groups excluding carboxylic acids is 1. The van der Waals surface area contributed by atoms with Gasteiger partial charge in [0, 0.05) is 6.42 Å². The number of hydrogen-bond acceptors (Lipinski definition) is 4. The number of aliphatic carboxylic acids is 1. The zero-order valence-electron chi connectivity index (χ0n) is 18.6. The Morgan fingerprint density at radius 3 is 2.06 bits per heavy atom. The summed E-state index contributed by atoms with van der Waals surface area (Å²) in [6.07, 6.45) is 20.5. The summed E-state index contributed by atoms with van der Waals surface area (Å²) in [6.45, 7) is 3.31. The van der Waals surface area contributed by atoms with Crippen LogP contribution in [0.1, 0.15) is 78.1 Å². The molecule has 1 unspecified atom stereocenters. The smallest absolute Gasteiger partial charge is 0.469 e. The molecule has 0 aromatic carbocycles. The zero-order chi connectivity index (χ0) is 23.5. The minimum Gasteiger partial charge on any atom is -0.480 e. The lowest BCUT2D eigenvalue weighted by Crippen LogP contribution is -2.48. The van der Waals surface area contributed by atoms with Gasteiger partial charge in [-0.2, -0.15) is 0 Å². The third-order valence-electron chi connectivity index (χ3n) is 4.41. The molecule has 0 aromatic rings. The first-order chi connectivity index (χ1) is 14.7. The number of phosphoric acid groups is 1. The molecule has 4 N–H and O–H groups in total. The summed E-state index contributed by atoms with van der Waals surface area (Å²) in [7, 11) is -4.84. The lowest BCUT2D eigenvalue weighted by atomic mass is 10.1. The molecule has 0 saturated heterocycles. The SMILES string of the molecule is CC/C=C/C/C=C/C/C=C/CCCCCCCC(=O)N[C@H](C(=O)O)C(C)OP(=O)(O)O. The summed E-state index contributed by atoms with van der Waals surface area (Å²) in [4.78, 5) is 40.7. The molecule has 0 fully saturated rings. The summed E-state index contributed by atoms with van der Waals surface area (Å²) in [6, 6.07) is -1.52. The van der Waals surface area contributed by atoms with E-state index >= 15 is 0 Å². The molecule has 0 saturated carbocycles. The Labute approximate surface area is 185 Å². The Morgan fingerprint density at radius 1 is 0.935 bits per heavy atom. The fourth-order valence-corrected chi connectivity index (χ4v) is 3.36. The van der Waals surface area contributed by atoms with Crippen molar-refractivity contribution in [1.29, 1.82) is 0 Å². The number of rotatable bonds is 18. The number of allylic oxidation sites excluding steroid dienone is 6. The quantitative estimate of drug-likeness (QED) is 0.133. The maximum absolute atomic E-state index is 11.9. The van der Waals surface area contributed by atoms with Crippen molar-refractivity contribution in [1.82, 2.24) is 5.32 Å². The molecule has 0 spiro atoms. The molecule has 0 aliphatic rings. The van der Waals surface area contributed by atoms with Crippen LogP contribution in [0.4, 0.5) is 0 Å². The summed E-state index contributed by atoms with van der Waals surface area (Å²) in [5.41, 5.74) is 0. The topological polar surface area (TPSA) is 133 Å². The molecule has 0 aliphatic carbocycles. The first kappa shape index (κ1) is 29.3. The monoisotopic (exact) mass is 459 g/mol. The molecule has 0 heterocycles. The van der Waals surface area contributed by atoms with Crippen molar-refractivity contribution in [2.45, 2.75) is 90.2 Å². The predicted molar refractivity (Wildman–Crippen MR) is 121 cm³/mol. The Morgan fingerprint density at radius 2 is 1.48 bits per heavy atom. The third kappa shape index (κ3) is 18.7. The Bertz CT molecular complexity index is 640. The van der Waals surface area contributed by atoms with Crippen LogP contribution in [0.25, 0.3) is 0 Å². The van der Waals surface area contributed by atoms with Crippen LogP contribution in [-0.2, 0) is 18.7 Å². The third-order valence-corrected chi connectivity index (χ3v) is 5.02. The van der Waals surface area contributed by atoms with E-state index in [2.05, 4.69) is 53.2 Å².